The zero-order chi connectivity index (χ0) is 11.7. The van der Waals surface area contributed by atoms with Gasteiger partial charge in [-0.15, -0.1) is 0 Å². The van der Waals surface area contributed by atoms with Crippen molar-refractivity contribution in [2.45, 2.75) is 6.92 Å². The van der Waals surface area contributed by atoms with Crippen molar-refractivity contribution in [3.05, 3.63) is 39.6 Å². The summed E-state index contributed by atoms with van der Waals surface area (Å²) in [7, 11) is 0. The van der Waals surface area contributed by atoms with Crippen molar-refractivity contribution in [2.75, 3.05) is 0 Å². The maximum atomic E-state index is 13.5. The van der Waals surface area contributed by atoms with E-state index in [1.54, 1.807) is 19.1 Å². The second-order valence-corrected chi connectivity index (χ2v) is 4.19. The number of rotatable bonds is 1. The highest BCUT2D eigenvalue weighted by Crippen LogP contribution is 2.20. The minimum absolute atomic E-state index is 0.279. The Morgan fingerprint density at radius 2 is 2.25 bits per heavy atom. The normalized spacial score (nSPS) is 17.6. The molecule has 0 radical (unpaired) electrons. The van der Waals surface area contributed by atoms with Crippen LogP contribution >= 0.6 is 15.9 Å². The van der Waals surface area contributed by atoms with E-state index in [1.165, 1.54) is 12.1 Å². The molecule has 0 aromatic heterocycles. The lowest BCUT2D eigenvalue weighted by atomic mass is 10.1. The molecular weight excluding hydrogens is 277 g/mol. The molecular formula is C11H7BrFNO2. The smallest absolute Gasteiger partial charge is 0.312 e. The number of halogens is 2. The van der Waals surface area contributed by atoms with Crippen molar-refractivity contribution in [1.29, 1.82) is 0 Å². The van der Waals surface area contributed by atoms with Crippen molar-refractivity contribution >= 4 is 33.7 Å². The van der Waals surface area contributed by atoms with E-state index in [0.29, 0.717) is 15.7 Å². The minimum Gasteiger partial charge on any atom is -0.312 e. The average Bonchev–Trinajstić information content (AvgIpc) is 2.53. The molecule has 0 spiro atoms. The first kappa shape index (κ1) is 11.0. The summed E-state index contributed by atoms with van der Waals surface area (Å²) in [5.74, 6) is -0.964. The number of benzene rings is 1. The van der Waals surface area contributed by atoms with Crippen LogP contribution < -0.4 is 0 Å². The van der Waals surface area contributed by atoms with Gasteiger partial charge in [0.05, 0.1) is 11.3 Å². The fourth-order valence-electron chi connectivity index (χ4n) is 1.29. The Labute approximate surface area is 99.7 Å². The van der Waals surface area contributed by atoms with Crippen molar-refractivity contribution in [1.82, 2.24) is 0 Å². The first-order valence-corrected chi connectivity index (χ1v) is 5.30. The Morgan fingerprint density at radius 3 is 2.81 bits per heavy atom. The fourth-order valence-corrected chi connectivity index (χ4v) is 1.63. The second kappa shape index (κ2) is 4.17. The quantitative estimate of drug-likeness (QED) is 0.587. The zero-order valence-electron chi connectivity index (χ0n) is 8.33. The van der Waals surface area contributed by atoms with Gasteiger partial charge in [0.2, 0.25) is 0 Å². The highest BCUT2D eigenvalue weighted by atomic mass is 79.9. The van der Waals surface area contributed by atoms with Gasteiger partial charge in [0, 0.05) is 10.0 Å². The van der Waals surface area contributed by atoms with Crippen LogP contribution in [-0.4, -0.2) is 11.7 Å². The molecule has 0 N–H and O–H groups in total. The van der Waals surface area contributed by atoms with Crippen molar-refractivity contribution in [3.8, 4) is 0 Å². The van der Waals surface area contributed by atoms with Crippen molar-refractivity contribution in [2.24, 2.45) is 5.16 Å². The predicted octanol–water partition coefficient (Wildman–Crippen LogP) is 2.90. The molecule has 2 rings (SSSR count). The monoisotopic (exact) mass is 283 g/mol. The standard InChI is InChI=1S/C11H7BrFNO2/c1-6-9(11(15)16-14-6)4-7-2-3-8(12)5-10(7)13/h2-5H,1H3/b9-4+. The van der Waals surface area contributed by atoms with E-state index in [-0.39, 0.29) is 5.57 Å². The lowest BCUT2D eigenvalue weighted by Gasteiger charge is -1.98. The van der Waals surface area contributed by atoms with Crippen LogP contribution in [0, 0.1) is 5.82 Å². The first-order valence-electron chi connectivity index (χ1n) is 4.51. The van der Waals surface area contributed by atoms with E-state index in [1.807, 2.05) is 0 Å². The highest BCUT2D eigenvalue weighted by Gasteiger charge is 2.22. The zero-order valence-corrected chi connectivity index (χ0v) is 9.92. The van der Waals surface area contributed by atoms with Crippen molar-refractivity contribution < 1.29 is 14.0 Å². The van der Waals surface area contributed by atoms with Gasteiger partial charge >= 0.3 is 5.97 Å². The van der Waals surface area contributed by atoms with Crippen LogP contribution in [0.25, 0.3) is 6.08 Å². The van der Waals surface area contributed by atoms with Crippen LogP contribution in [0.4, 0.5) is 4.39 Å². The Hall–Kier alpha value is -1.49. The van der Waals surface area contributed by atoms with E-state index in [9.17, 15) is 9.18 Å². The van der Waals surface area contributed by atoms with Gasteiger partial charge in [-0.2, -0.15) is 0 Å². The summed E-state index contributed by atoms with van der Waals surface area (Å²) < 4.78 is 14.1. The van der Waals surface area contributed by atoms with E-state index >= 15 is 0 Å². The van der Waals surface area contributed by atoms with Gasteiger partial charge in [-0.05, 0) is 25.1 Å². The Morgan fingerprint density at radius 1 is 1.50 bits per heavy atom. The third-order valence-corrected chi connectivity index (χ3v) is 2.63. The van der Waals surface area contributed by atoms with Crippen LogP contribution in [0.2, 0.25) is 0 Å². The maximum Gasteiger partial charge on any atom is 0.367 e. The molecule has 0 fully saturated rings. The van der Waals surface area contributed by atoms with E-state index in [2.05, 4.69) is 25.9 Å². The molecule has 0 aliphatic carbocycles. The van der Waals surface area contributed by atoms with E-state index in [4.69, 9.17) is 0 Å². The number of nitrogens with zero attached hydrogens (tertiary/aromatic N) is 1. The third kappa shape index (κ3) is 2.04. The lowest BCUT2D eigenvalue weighted by Crippen LogP contribution is -2.02. The topological polar surface area (TPSA) is 38.7 Å². The van der Waals surface area contributed by atoms with Crippen molar-refractivity contribution in [3.63, 3.8) is 0 Å². The Kier molecular flexibility index (Phi) is 2.87. The minimum atomic E-state index is -0.556. The molecule has 1 aliphatic rings. The summed E-state index contributed by atoms with van der Waals surface area (Å²) in [4.78, 5) is 15.7. The third-order valence-electron chi connectivity index (χ3n) is 2.14. The van der Waals surface area contributed by atoms with Gasteiger partial charge in [-0.1, -0.05) is 27.2 Å². The molecule has 16 heavy (non-hydrogen) atoms. The summed E-state index contributed by atoms with van der Waals surface area (Å²) in [5, 5.41) is 3.51. The molecule has 0 saturated heterocycles. The number of carbonyl (C=O) groups is 1. The Bertz CT molecular complexity index is 523. The second-order valence-electron chi connectivity index (χ2n) is 3.28. The van der Waals surface area contributed by atoms with Gasteiger partial charge in [0.15, 0.2) is 0 Å². The molecule has 1 heterocycles. The molecule has 0 atom stereocenters. The van der Waals surface area contributed by atoms with E-state index in [0.717, 1.165) is 0 Å². The fraction of sp³-hybridized carbons (Fsp3) is 0.0909. The molecule has 0 bridgehead atoms. The van der Waals surface area contributed by atoms with Gasteiger partial charge in [0.25, 0.3) is 0 Å². The summed E-state index contributed by atoms with van der Waals surface area (Å²) >= 11 is 3.16. The SMILES string of the molecule is CC1=NOC(=O)/C1=C/c1ccc(Br)cc1F. The van der Waals surface area contributed by atoms with Crippen LogP contribution in [0.1, 0.15) is 12.5 Å². The Balaban J connectivity index is 2.43. The molecule has 5 heteroatoms. The van der Waals surface area contributed by atoms with Gasteiger partial charge < -0.3 is 4.84 Å². The molecule has 0 amide bonds. The maximum absolute atomic E-state index is 13.5. The predicted molar refractivity (Wildman–Crippen MR) is 61.3 cm³/mol. The number of hydrogen-bond donors (Lipinski definition) is 0. The molecule has 0 saturated carbocycles. The number of carbonyl (C=O) groups excluding carboxylic acids is 1. The van der Waals surface area contributed by atoms with Gasteiger partial charge in [-0.25, -0.2) is 9.18 Å². The molecule has 1 aliphatic heterocycles. The van der Waals surface area contributed by atoms with Crippen LogP contribution in [-0.2, 0) is 9.63 Å². The molecule has 82 valence electrons. The molecule has 1 aromatic rings. The van der Waals surface area contributed by atoms with E-state index < -0.39 is 11.8 Å². The van der Waals surface area contributed by atoms with Gasteiger partial charge in [0.1, 0.15) is 5.82 Å². The highest BCUT2D eigenvalue weighted by molar-refractivity contribution is 9.10. The molecule has 1 aromatic carbocycles. The summed E-state index contributed by atoms with van der Waals surface area (Å²) in [6.45, 7) is 1.63. The first-order chi connectivity index (χ1) is 7.58. The van der Waals surface area contributed by atoms with Gasteiger partial charge in [-0.3, -0.25) is 0 Å². The van der Waals surface area contributed by atoms with Crippen LogP contribution in [0.5, 0.6) is 0 Å². The molecule has 3 nitrogen and oxygen atoms in total. The van der Waals surface area contributed by atoms with Crippen LogP contribution in [0.15, 0.2) is 33.4 Å². The summed E-state index contributed by atoms with van der Waals surface area (Å²) in [6, 6.07) is 4.60. The lowest BCUT2D eigenvalue weighted by molar-refractivity contribution is -0.136. The number of oxime groups is 1. The summed E-state index contributed by atoms with van der Waals surface area (Å²) in [5.41, 5.74) is 1.06. The summed E-state index contributed by atoms with van der Waals surface area (Å²) in [6.07, 6.45) is 1.43. The van der Waals surface area contributed by atoms with Crippen LogP contribution in [0.3, 0.4) is 0 Å². The molecule has 0 unspecified atom stereocenters. The average molecular weight is 284 g/mol. The number of hydrogen-bond acceptors (Lipinski definition) is 3. The largest absolute Gasteiger partial charge is 0.367 e.